The number of carboxylic acids is 1. The van der Waals surface area contributed by atoms with Crippen molar-refractivity contribution in [1.29, 1.82) is 0 Å². The smallest absolute Gasteiger partial charge is 0.307 e. The van der Waals surface area contributed by atoms with E-state index in [2.05, 4.69) is 24.5 Å². The third-order valence-corrected chi connectivity index (χ3v) is 4.30. The first-order valence-corrected chi connectivity index (χ1v) is 7.29. The maximum absolute atomic E-state index is 11.4. The molecule has 4 heteroatoms. The number of aromatic nitrogens is 2. The van der Waals surface area contributed by atoms with Gasteiger partial charge in [0, 0.05) is 12.0 Å². The molecule has 0 amide bonds. The topological polar surface area (TPSA) is 55.1 Å². The van der Waals surface area contributed by atoms with Crippen LogP contribution in [0.5, 0.6) is 0 Å². The molecule has 0 spiro atoms. The second-order valence-electron chi connectivity index (χ2n) is 5.90. The zero-order valence-electron chi connectivity index (χ0n) is 11.9. The minimum atomic E-state index is -0.685. The fourth-order valence-corrected chi connectivity index (χ4v) is 3.43. The Morgan fingerprint density at radius 1 is 1.35 bits per heavy atom. The molecule has 1 aromatic heterocycles. The third kappa shape index (κ3) is 1.99. The van der Waals surface area contributed by atoms with Gasteiger partial charge in [0.05, 0.1) is 17.0 Å². The van der Waals surface area contributed by atoms with Gasteiger partial charge in [-0.3, -0.25) is 4.79 Å². The second-order valence-corrected chi connectivity index (χ2v) is 5.90. The van der Waals surface area contributed by atoms with Crippen LogP contribution in [-0.4, -0.2) is 20.6 Å². The zero-order chi connectivity index (χ0) is 14.3. The molecule has 1 saturated carbocycles. The molecular weight excluding hydrogens is 252 g/mol. The first-order valence-electron chi connectivity index (χ1n) is 7.29. The highest BCUT2D eigenvalue weighted by Crippen LogP contribution is 2.41. The zero-order valence-corrected chi connectivity index (χ0v) is 11.9. The predicted molar refractivity (Wildman–Crippen MR) is 77.8 cm³/mol. The highest BCUT2D eigenvalue weighted by atomic mass is 16.4. The van der Waals surface area contributed by atoms with Gasteiger partial charge < -0.3 is 9.67 Å². The van der Waals surface area contributed by atoms with Gasteiger partial charge in [0.25, 0.3) is 0 Å². The van der Waals surface area contributed by atoms with Gasteiger partial charge in [0.1, 0.15) is 5.82 Å². The molecule has 2 aromatic rings. The molecule has 20 heavy (non-hydrogen) atoms. The number of aliphatic carboxylic acids is 1. The van der Waals surface area contributed by atoms with Crippen LogP contribution in [-0.2, 0) is 4.79 Å². The Morgan fingerprint density at radius 3 is 2.80 bits per heavy atom. The summed E-state index contributed by atoms with van der Waals surface area (Å²) in [7, 11) is 0. The quantitative estimate of drug-likeness (QED) is 0.929. The van der Waals surface area contributed by atoms with Gasteiger partial charge in [-0.15, -0.1) is 0 Å². The molecule has 1 fully saturated rings. The lowest BCUT2D eigenvalue weighted by Gasteiger charge is -2.20. The number of benzene rings is 1. The van der Waals surface area contributed by atoms with E-state index >= 15 is 0 Å². The molecule has 1 heterocycles. The summed E-state index contributed by atoms with van der Waals surface area (Å²) in [5.41, 5.74) is 2.07. The van der Waals surface area contributed by atoms with Crippen molar-refractivity contribution in [3.05, 3.63) is 30.1 Å². The molecule has 2 atom stereocenters. The van der Waals surface area contributed by atoms with E-state index < -0.39 is 5.97 Å². The van der Waals surface area contributed by atoms with Gasteiger partial charge in [0.15, 0.2) is 0 Å². The minimum absolute atomic E-state index is 0.0438. The number of carboxylic acid groups (broad SMARTS) is 1. The summed E-state index contributed by atoms with van der Waals surface area (Å²) in [5.74, 6) is 0.0209. The summed E-state index contributed by atoms with van der Waals surface area (Å²) in [5, 5.41) is 9.41. The summed E-state index contributed by atoms with van der Waals surface area (Å²) in [6, 6.07) is 8.34. The number of hydrogen-bond acceptors (Lipinski definition) is 2. The van der Waals surface area contributed by atoms with Crippen molar-refractivity contribution >= 4 is 17.0 Å². The summed E-state index contributed by atoms with van der Waals surface area (Å²) in [4.78, 5) is 16.2. The standard InChI is InChI=1S/C16H20N2O2/c1-10(2)18-14-9-4-3-8-13(14)17-15(18)11-6-5-7-12(11)16(19)20/h3-4,8-12H,5-7H2,1-2H3,(H,19,20). The molecular formula is C16H20N2O2. The van der Waals surface area contributed by atoms with Gasteiger partial charge in [-0.2, -0.15) is 0 Å². The lowest BCUT2D eigenvalue weighted by Crippen LogP contribution is -2.20. The fourth-order valence-electron chi connectivity index (χ4n) is 3.43. The Hall–Kier alpha value is -1.84. The molecule has 1 aromatic carbocycles. The van der Waals surface area contributed by atoms with E-state index in [1.54, 1.807) is 0 Å². The van der Waals surface area contributed by atoms with Crippen molar-refractivity contribution in [1.82, 2.24) is 9.55 Å². The summed E-state index contributed by atoms with van der Waals surface area (Å²) in [6.07, 6.45) is 2.66. The molecule has 1 aliphatic carbocycles. The van der Waals surface area contributed by atoms with E-state index in [1.165, 1.54) is 0 Å². The number of hydrogen-bond donors (Lipinski definition) is 1. The molecule has 0 aliphatic heterocycles. The molecule has 3 rings (SSSR count). The number of carbonyl (C=O) groups is 1. The van der Waals surface area contributed by atoms with Crippen LogP contribution < -0.4 is 0 Å². The van der Waals surface area contributed by atoms with Gasteiger partial charge in [-0.25, -0.2) is 4.98 Å². The van der Waals surface area contributed by atoms with E-state index in [0.29, 0.717) is 0 Å². The van der Waals surface area contributed by atoms with Crippen molar-refractivity contribution in [2.75, 3.05) is 0 Å². The van der Waals surface area contributed by atoms with Gasteiger partial charge >= 0.3 is 5.97 Å². The monoisotopic (exact) mass is 272 g/mol. The summed E-state index contributed by atoms with van der Waals surface area (Å²) >= 11 is 0. The Labute approximate surface area is 118 Å². The maximum atomic E-state index is 11.4. The average molecular weight is 272 g/mol. The predicted octanol–water partition coefficient (Wildman–Crippen LogP) is 3.59. The van der Waals surface area contributed by atoms with E-state index in [1.807, 2.05) is 18.2 Å². The Bertz CT molecular complexity index is 645. The van der Waals surface area contributed by atoms with Crippen LogP contribution in [0.3, 0.4) is 0 Å². The van der Waals surface area contributed by atoms with E-state index in [0.717, 1.165) is 36.1 Å². The number of imidazole rings is 1. The SMILES string of the molecule is CC(C)n1c(C2CCCC2C(=O)O)nc2ccccc21. The summed E-state index contributed by atoms with van der Waals surface area (Å²) < 4.78 is 2.21. The molecule has 1 aliphatic rings. The highest BCUT2D eigenvalue weighted by molar-refractivity contribution is 5.77. The minimum Gasteiger partial charge on any atom is -0.481 e. The van der Waals surface area contributed by atoms with Crippen LogP contribution in [0.4, 0.5) is 0 Å². The highest BCUT2D eigenvalue weighted by Gasteiger charge is 2.37. The lowest BCUT2D eigenvalue weighted by molar-refractivity contribution is -0.142. The Balaban J connectivity index is 2.15. The van der Waals surface area contributed by atoms with Gasteiger partial charge in [-0.1, -0.05) is 18.6 Å². The molecule has 0 saturated heterocycles. The van der Waals surface area contributed by atoms with Crippen molar-refractivity contribution in [3.8, 4) is 0 Å². The molecule has 106 valence electrons. The number of para-hydroxylation sites is 2. The fraction of sp³-hybridized carbons (Fsp3) is 0.500. The number of fused-ring (bicyclic) bond motifs is 1. The van der Waals surface area contributed by atoms with Crippen LogP contribution in [0.2, 0.25) is 0 Å². The van der Waals surface area contributed by atoms with E-state index in [-0.39, 0.29) is 17.9 Å². The van der Waals surface area contributed by atoms with Crippen LogP contribution in [0.25, 0.3) is 11.0 Å². The average Bonchev–Trinajstić information content (AvgIpc) is 3.02. The molecule has 0 bridgehead atoms. The van der Waals surface area contributed by atoms with Gasteiger partial charge in [-0.05, 0) is 38.8 Å². The maximum Gasteiger partial charge on any atom is 0.307 e. The van der Waals surface area contributed by atoms with Crippen molar-refractivity contribution in [2.24, 2.45) is 5.92 Å². The number of nitrogens with zero attached hydrogens (tertiary/aromatic N) is 2. The van der Waals surface area contributed by atoms with Crippen molar-refractivity contribution < 1.29 is 9.90 Å². The van der Waals surface area contributed by atoms with Crippen LogP contribution >= 0.6 is 0 Å². The van der Waals surface area contributed by atoms with Crippen LogP contribution in [0.15, 0.2) is 24.3 Å². The Morgan fingerprint density at radius 2 is 2.10 bits per heavy atom. The molecule has 2 unspecified atom stereocenters. The normalized spacial score (nSPS) is 22.8. The van der Waals surface area contributed by atoms with Crippen molar-refractivity contribution in [2.45, 2.75) is 45.1 Å². The molecule has 0 radical (unpaired) electrons. The van der Waals surface area contributed by atoms with Gasteiger partial charge in [0.2, 0.25) is 0 Å². The largest absolute Gasteiger partial charge is 0.481 e. The van der Waals surface area contributed by atoms with Crippen LogP contribution in [0, 0.1) is 5.92 Å². The van der Waals surface area contributed by atoms with E-state index in [9.17, 15) is 9.90 Å². The van der Waals surface area contributed by atoms with E-state index in [4.69, 9.17) is 4.98 Å². The van der Waals surface area contributed by atoms with Crippen LogP contribution in [0.1, 0.15) is 50.9 Å². The first kappa shape index (κ1) is 13.2. The molecule has 4 nitrogen and oxygen atoms in total. The third-order valence-electron chi connectivity index (χ3n) is 4.30. The first-order chi connectivity index (χ1) is 9.59. The lowest BCUT2D eigenvalue weighted by atomic mass is 9.95. The van der Waals surface area contributed by atoms with Crippen molar-refractivity contribution in [3.63, 3.8) is 0 Å². The second kappa shape index (κ2) is 4.93. The number of rotatable bonds is 3. The molecule has 1 N–H and O–H groups in total. The summed E-state index contributed by atoms with van der Waals surface area (Å²) in [6.45, 7) is 4.25. The Kier molecular flexibility index (Phi) is 3.24.